The number of rotatable bonds is 4. The summed E-state index contributed by atoms with van der Waals surface area (Å²) in [5.74, 6) is -0.129. The van der Waals surface area contributed by atoms with Crippen LogP contribution in [0.4, 0.5) is 13.2 Å². The number of nitrogens with zero attached hydrogens (tertiary/aromatic N) is 3. The normalized spacial score (nSPS) is 16.2. The summed E-state index contributed by atoms with van der Waals surface area (Å²) in [6, 6.07) is 2.44. The first-order valence-electron chi connectivity index (χ1n) is 6.21. The Morgan fingerprint density at radius 2 is 2.05 bits per heavy atom. The minimum Gasteiger partial charge on any atom is -0.374 e. The standard InChI is InChI=1S/C11H9ClF3N3O3S/c12-9-8(21-22(19,20)11(13,14)15)4-3-7-10(9)16-17-18(7)5-6-1-2-6/h3-4,6H,1-2,5H2. The van der Waals surface area contributed by atoms with Crippen molar-refractivity contribution < 1.29 is 25.8 Å². The lowest BCUT2D eigenvalue weighted by Gasteiger charge is -2.10. The van der Waals surface area contributed by atoms with Crippen LogP contribution in [0.3, 0.4) is 0 Å². The molecular weight excluding hydrogens is 347 g/mol. The van der Waals surface area contributed by atoms with Crippen molar-refractivity contribution in [1.82, 2.24) is 15.0 Å². The summed E-state index contributed by atoms with van der Waals surface area (Å²) in [4.78, 5) is 0. The third kappa shape index (κ3) is 2.72. The second kappa shape index (κ2) is 4.98. The Bertz CT molecular complexity index is 830. The molecule has 0 saturated heterocycles. The van der Waals surface area contributed by atoms with Crippen molar-refractivity contribution in [2.45, 2.75) is 24.9 Å². The fourth-order valence-corrected chi connectivity index (χ4v) is 2.65. The molecule has 2 aromatic rings. The smallest absolute Gasteiger partial charge is 0.374 e. The molecule has 0 N–H and O–H groups in total. The molecule has 1 fully saturated rings. The van der Waals surface area contributed by atoms with Crippen molar-refractivity contribution >= 4 is 32.8 Å². The van der Waals surface area contributed by atoms with E-state index in [1.54, 1.807) is 4.68 Å². The third-order valence-corrected chi connectivity index (χ3v) is 4.53. The number of hydrogen-bond acceptors (Lipinski definition) is 5. The number of hydrogen-bond donors (Lipinski definition) is 0. The summed E-state index contributed by atoms with van der Waals surface area (Å²) >= 11 is 5.89. The Hall–Kier alpha value is -1.55. The van der Waals surface area contributed by atoms with Crippen molar-refractivity contribution in [3.63, 3.8) is 0 Å². The van der Waals surface area contributed by atoms with Crippen LogP contribution in [0.5, 0.6) is 5.75 Å². The number of fused-ring (bicyclic) bond motifs is 1. The molecule has 3 rings (SSSR count). The lowest BCUT2D eigenvalue weighted by Crippen LogP contribution is -2.28. The Labute approximate surface area is 127 Å². The molecule has 1 aromatic heterocycles. The molecular formula is C11H9ClF3N3O3S. The molecule has 120 valence electrons. The van der Waals surface area contributed by atoms with Gasteiger partial charge in [-0.25, -0.2) is 4.68 Å². The van der Waals surface area contributed by atoms with Gasteiger partial charge in [0.25, 0.3) is 0 Å². The van der Waals surface area contributed by atoms with Gasteiger partial charge in [0.15, 0.2) is 5.75 Å². The van der Waals surface area contributed by atoms with Crippen molar-refractivity contribution in [2.24, 2.45) is 5.92 Å². The first-order valence-corrected chi connectivity index (χ1v) is 8.00. The highest BCUT2D eigenvalue weighted by Crippen LogP contribution is 2.36. The molecule has 0 unspecified atom stereocenters. The van der Waals surface area contributed by atoms with Gasteiger partial charge < -0.3 is 4.18 Å². The molecule has 22 heavy (non-hydrogen) atoms. The van der Waals surface area contributed by atoms with E-state index in [9.17, 15) is 21.6 Å². The van der Waals surface area contributed by atoms with E-state index in [0.717, 1.165) is 18.9 Å². The molecule has 0 amide bonds. The van der Waals surface area contributed by atoms with Gasteiger partial charge in [0.2, 0.25) is 0 Å². The van der Waals surface area contributed by atoms with E-state index in [0.29, 0.717) is 18.0 Å². The van der Waals surface area contributed by atoms with Crippen LogP contribution in [0.15, 0.2) is 12.1 Å². The van der Waals surface area contributed by atoms with Crippen LogP contribution in [0.1, 0.15) is 12.8 Å². The number of aromatic nitrogens is 3. The van der Waals surface area contributed by atoms with Gasteiger partial charge >= 0.3 is 15.6 Å². The van der Waals surface area contributed by atoms with E-state index in [-0.39, 0.29) is 10.5 Å². The minimum absolute atomic E-state index is 0.0946. The number of halogens is 4. The summed E-state index contributed by atoms with van der Waals surface area (Å²) in [6.45, 7) is 0.633. The van der Waals surface area contributed by atoms with Crippen LogP contribution < -0.4 is 4.18 Å². The van der Waals surface area contributed by atoms with E-state index in [2.05, 4.69) is 14.5 Å². The molecule has 0 bridgehead atoms. The maximum Gasteiger partial charge on any atom is 0.534 e. The highest BCUT2D eigenvalue weighted by molar-refractivity contribution is 7.88. The van der Waals surface area contributed by atoms with Gasteiger partial charge in [0.05, 0.1) is 5.52 Å². The topological polar surface area (TPSA) is 74.1 Å². The lowest BCUT2D eigenvalue weighted by molar-refractivity contribution is -0.0500. The van der Waals surface area contributed by atoms with Gasteiger partial charge in [-0.2, -0.15) is 21.6 Å². The monoisotopic (exact) mass is 355 g/mol. The SMILES string of the molecule is O=S(=O)(Oc1ccc2c(nnn2CC2CC2)c1Cl)C(F)(F)F. The molecule has 6 nitrogen and oxygen atoms in total. The van der Waals surface area contributed by atoms with Crippen molar-refractivity contribution in [2.75, 3.05) is 0 Å². The van der Waals surface area contributed by atoms with Gasteiger partial charge in [-0.3, -0.25) is 0 Å². The van der Waals surface area contributed by atoms with E-state index < -0.39 is 21.4 Å². The summed E-state index contributed by atoms with van der Waals surface area (Å²) < 4.78 is 64.7. The number of benzene rings is 1. The molecule has 11 heteroatoms. The molecule has 0 radical (unpaired) electrons. The van der Waals surface area contributed by atoms with E-state index >= 15 is 0 Å². The van der Waals surface area contributed by atoms with Crippen LogP contribution >= 0.6 is 11.6 Å². The summed E-state index contributed by atoms with van der Waals surface area (Å²) in [6.07, 6.45) is 2.17. The minimum atomic E-state index is -5.78. The molecule has 1 heterocycles. The zero-order valence-corrected chi connectivity index (χ0v) is 12.4. The predicted molar refractivity (Wildman–Crippen MR) is 70.9 cm³/mol. The average Bonchev–Trinajstić information content (AvgIpc) is 3.11. The highest BCUT2D eigenvalue weighted by atomic mass is 35.5. The van der Waals surface area contributed by atoms with Gasteiger partial charge in [-0.1, -0.05) is 16.8 Å². The number of alkyl halides is 3. The fourth-order valence-electron chi connectivity index (χ4n) is 1.90. The van der Waals surface area contributed by atoms with Crippen LogP contribution in [-0.4, -0.2) is 28.9 Å². The quantitative estimate of drug-likeness (QED) is 0.622. The largest absolute Gasteiger partial charge is 0.534 e. The van der Waals surface area contributed by atoms with E-state index in [1.807, 2.05) is 0 Å². The molecule has 1 aliphatic carbocycles. The molecule has 1 aromatic carbocycles. The lowest BCUT2D eigenvalue weighted by atomic mass is 10.3. The Morgan fingerprint density at radius 1 is 1.36 bits per heavy atom. The van der Waals surface area contributed by atoms with Gasteiger partial charge in [-0.05, 0) is 30.9 Å². The fraction of sp³-hybridized carbons (Fsp3) is 0.455. The van der Waals surface area contributed by atoms with E-state index in [1.165, 1.54) is 6.07 Å². The second-order valence-electron chi connectivity index (χ2n) is 4.94. The zero-order valence-electron chi connectivity index (χ0n) is 10.8. The van der Waals surface area contributed by atoms with Crippen LogP contribution in [-0.2, 0) is 16.7 Å². The zero-order chi connectivity index (χ0) is 16.1. The molecule has 0 aliphatic heterocycles. The van der Waals surface area contributed by atoms with Crippen molar-refractivity contribution in [3.05, 3.63) is 17.2 Å². The van der Waals surface area contributed by atoms with E-state index in [4.69, 9.17) is 11.6 Å². The third-order valence-electron chi connectivity index (χ3n) is 3.20. The average molecular weight is 356 g/mol. The molecule has 1 saturated carbocycles. The van der Waals surface area contributed by atoms with Gasteiger partial charge in [0, 0.05) is 6.54 Å². The maximum atomic E-state index is 12.3. The summed E-state index contributed by atoms with van der Waals surface area (Å²) in [7, 11) is -5.78. The van der Waals surface area contributed by atoms with Crippen LogP contribution in [0.25, 0.3) is 11.0 Å². The van der Waals surface area contributed by atoms with Crippen LogP contribution in [0.2, 0.25) is 5.02 Å². The Morgan fingerprint density at radius 3 is 2.64 bits per heavy atom. The first-order chi connectivity index (χ1) is 10.2. The van der Waals surface area contributed by atoms with Crippen LogP contribution in [0, 0.1) is 5.92 Å². The molecule has 0 spiro atoms. The molecule has 1 aliphatic rings. The Balaban J connectivity index is 1.97. The Kier molecular flexibility index (Phi) is 3.48. The second-order valence-corrected chi connectivity index (χ2v) is 6.86. The summed E-state index contributed by atoms with van der Waals surface area (Å²) in [5.41, 5.74) is -4.93. The summed E-state index contributed by atoms with van der Waals surface area (Å²) in [5, 5.41) is 7.33. The highest BCUT2D eigenvalue weighted by Gasteiger charge is 2.48. The molecule has 0 atom stereocenters. The predicted octanol–water partition coefficient (Wildman–Crippen LogP) is 2.72. The van der Waals surface area contributed by atoms with Gasteiger partial charge in [0.1, 0.15) is 10.5 Å². The first kappa shape index (κ1) is 15.3. The van der Waals surface area contributed by atoms with Crippen molar-refractivity contribution in [1.29, 1.82) is 0 Å². The van der Waals surface area contributed by atoms with Gasteiger partial charge in [-0.15, -0.1) is 5.10 Å². The van der Waals surface area contributed by atoms with Crippen molar-refractivity contribution in [3.8, 4) is 5.75 Å². The maximum absolute atomic E-state index is 12.3.